The number of carbonyl (C=O) groups excluding carboxylic acids is 1. The lowest BCUT2D eigenvalue weighted by Crippen LogP contribution is -2.50. The number of hydrogen-bond acceptors (Lipinski definition) is 5. The molecule has 0 saturated heterocycles. The first-order valence-electron chi connectivity index (χ1n) is 16.7. The molecule has 3 aromatic rings. The second-order valence-electron chi connectivity index (χ2n) is 13.0. The number of hydrogen-bond donors (Lipinski definition) is 0. The molecule has 44 heavy (non-hydrogen) atoms. The average Bonchev–Trinajstić information content (AvgIpc) is 3.04. The summed E-state index contributed by atoms with van der Waals surface area (Å²) in [6.07, 6.45) is 9.22. The second-order valence-corrected chi connectivity index (χ2v) is 15.7. The van der Waals surface area contributed by atoms with Gasteiger partial charge >= 0.3 is 5.97 Å². The van der Waals surface area contributed by atoms with Crippen molar-refractivity contribution in [1.29, 1.82) is 0 Å². The molecular weight excluding hydrogens is 568 g/mol. The maximum atomic E-state index is 15.0. The average molecular weight is 617 g/mol. The molecule has 0 unspecified atom stereocenters. The third-order valence-electron chi connectivity index (χ3n) is 9.50. The molecule has 4 fully saturated rings. The lowest BCUT2D eigenvalue weighted by atomic mass is 9.49. The summed E-state index contributed by atoms with van der Waals surface area (Å²) in [5.74, 6) is 3.87. The van der Waals surface area contributed by atoms with Crippen LogP contribution in [0.2, 0.25) is 0 Å². The van der Waals surface area contributed by atoms with Crippen molar-refractivity contribution in [2.75, 3.05) is 19.8 Å². The number of ether oxygens (including phenoxy) is 3. The molecule has 5 nitrogen and oxygen atoms in total. The first-order valence-corrected chi connectivity index (χ1v) is 18.3. The van der Waals surface area contributed by atoms with Gasteiger partial charge in [-0.1, -0.05) is 57.2 Å². The zero-order chi connectivity index (χ0) is 30.6. The van der Waals surface area contributed by atoms with Gasteiger partial charge < -0.3 is 18.4 Å². The highest BCUT2D eigenvalue weighted by Crippen LogP contribution is 2.75. The monoisotopic (exact) mass is 616 g/mol. The Bertz CT molecular complexity index is 1300. The Labute approximate surface area is 265 Å². The largest absolute Gasteiger partial charge is 0.493 e. The maximum Gasteiger partial charge on any atom is 0.323 e. The van der Waals surface area contributed by atoms with Crippen LogP contribution in [0.15, 0.2) is 87.5 Å². The van der Waals surface area contributed by atoms with Crippen molar-refractivity contribution in [3.63, 3.8) is 0 Å². The molecule has 0 N–H and O–H groups in total. The van der Waals surface area contributed by atoms with E-state index in [0.717, 1.165) is 53.2 Å². The summed E-state index contributed by atoms with van der Waals surface area (Å²) < 4.78 is 26.6. The second kappa shape index (κ2) is 13.5. The highest BCUT2D eigenvalue weighted by molar-refractivity contribution is 8.30. The first-order chi connectivity index (χ1) is 21.5. The summed E-state index contributed by atoms with van der Waals surface area (Å²) in [7, 11) is -2.64. The predicted octanol–water partition coefficient (Wildman–Crippen LogP) is 10.0. The molecular formula is C38H48O5S. The molecule has 4 bridgehead atoms. The minimum Gasteiger partial charge on any atom is -0.493 e. The van der Waals surface area contributed by atoms with Gasteiger partial charge in [-0.2, -0.15) is 0 Å². The van der Waals surface area contributed by atoms with Crippen LogP contribution in [0, 0.1) is 23.2 Å². The number of carbonyl (C=O) groups is 1. The zero-order valence-corrected chi connectivity index (χ0v) is 27.4. The van der Waals surface area contributed by atoms with Crippen LogP contribution in [0.25, 0.3) is 0 Å². The smallest absolute Gasteiger partial charge is 0.323 e. The standard InChI is InChI=1S/C38H48O5S/c1-4-17-40-31-23-34(41-18-5-2)36(35(24-31)42-19-6-3)44(32-13-9-7-10-14-32,33-15-11-8-12-16-33)43-37(39)38-25-28-20-29(26-38)22-30(21-28)27-38/h7-16,23-24,28-30H,4-6,17-22,25-27H2,1-3H3. The van der Waals surface area contributed by atoms with Gasteiger partial charge in [0.25, 0.3) is 0 Å². The Morgan fingerprint density at radius 1 is 0.682 bits per heavy atom. The Hall–Kier alpha value is -3.12. The van der Waals surface area contributed by atoms with E-state index in [1.807, 2.05) is 48.5 Å². The molecule has 3 aromatic carbocycles. The van der Waals surface area contributed by atoms with Crippen LogP contribution < -0.4 is 14.2 Å². The van der Waals surface area contributed by atoms with E-state index >= 15 is 0 Å². The van der Waals surface area contributed by atoms with Crippen LogP contribution >= 0.6 is 10.3 Å². The van der Waals surface area contributed by atoms with Crippen LogP contribution in [0.4, 0.5) is 0 Å². The molecule has 0 radical (unpaired) electrons. The predicted molar refractivity (Wildman–Crippen MR) is 176 cm³/mol. The third-order valence-corrected chi connectivity index (χ3v) is 12.8. The van der Waals surface area contributed by atoms with E-state index in [1.165, 1.54) is 19.3 Å². The van der Waals surface area contributed by atoms with Crippen molar-refractivity contribution >= 4 is 16.3 Å². The Kier molecular flexibility index (Phi) is 9.46. The molecule has 4 saturated carbocycles. The van der Waals surface area contributed by atoms with E-state index in [4.69, 9.17) is 18.4 Å². The van der Waals surface area contributed by atoms with Gasteiger partial charge in [0.2, 0.25) is 0 Å². The third kappa shape index (κ3) is 5.94. The van der Waals surface area contributed by atoms with Gasteiger partial charge in [0.1, 0.15) is 22.1 Å². The van der Waals surface area contributed by atoms with Crippen LogP contribution in [0.5, 0.6) is 17.2 Å². The van der Waals surface area contributed by atoms with Crippen LogP contribution in [-0.2, 0) is 8.98 Å². The van der Waals surface area contributed by atoms with Gasteiger partial charge in [-0.05, 0) is 99.8 Å². The molecule has 0 heterocycles. The SMILES string of the molecule is CCCOc1cc(OCCC)c(S(OC(=O)C23CC4CC(CC(C4)C2)C3)(c2ccccc2)c2ccccc2)c(OCCC)c1. The van der Waals surface area contributed by atoms with Gasteiger partial charge in [0, 0.05) is 32.2 Å². The molecule has 0 aliphatic heterocycles. The van der Waals surface area contributed by atoms with Crippen molar-refractivity contribution in [2.24, 2.45) is 23.2 Å². The first kappa shape index (κ1) is 30.9. The summed E-state index contributed by atoms with van der Waals surface area (Å²) >= 11 is 0. The molecule has 0 spiro atoms. The molecule has 0 amide bonds. The summed E-state index contributed by atoms with van der Waals surface area (Å²) in [6, 6.07) is 24.5. The summed E-state index contributed by atoms with van der Waals surface area (Å²) in [4.78, 5) is 17.7. The van der Waals surface area contributed by atoms with E-state index in [-0.39, 0.29) is 5.97 Å². The van der Waals surface area contributed by atoms with Crippen LogP contribution in [-0.4, -0.2) is 25.8 Å². The quantitative estimate of drug-likeness (QED) is 0.180. The van der Waals surface area contributed by atoms with Crippen molar-refractivity contribution in [3.8, 4) is 17.2 Å². The normalized spacial score (nSPS) is 24.1. The van der Waals surface area contributed by atoms with Crippen molar-refractivity contribution < 1.29 is 23.2 Å². The molecule has 0 aromatic heterocycles. The van der Waals surface area contributed by atoms with Gasteiger partial charge in [0.05, 0.1) is 25.2 Å². The fraction of sp³-hybridized carbons (Fsp3) is 0.500. The van der Waals surface area contributed by atoms with E-state index in [2.05, 4.69) is 45.0 Å². The highest BCUT2D eigenvalue weighted by atomic mass is 32.3. The van der Waals surface area contributed by atoms with Crippen molar-refractivity contribution in [3.05, 3.63) is 72.8 Å². The molecule has 4 aliphatic carbocycles. The van der Waals surface area contributed by atoms with Gasteiger partial charge in [-0.15, -0.1) is 0 Å². The summed E-state index contributed by atoms with van der Waals surface area (Å²) in [6.45, 7) is 7.96. The highest BCUT2D eigenvalue weighted by Gasteiger charge is 2.57. The number of rotatable bonds is 14. The molecule has 6 heteroatoms. The number of benzene rings is 3. The van der Waals surface area contributed by atoms with E-state index in [0.29, 0.717) is 54.8 Å². The van der Waals surface area contributed by atoms with E-state index in [1.54, 1.807) is 0 Å². The maximum absolute atomic E-state index is 15.0. The molecule has 7 rings (SSSR count). The molecule has 0 atom stereocenters. The fourth-order valence-electron chi connectivity index (χ4n) is 8.07. The topological polar surface area (TPSA) is 54.0 Å². The summed E-state index contributed by atoms with van der Waals surface area (Å²) in [5, 5.41) is 0. The zero-order valence-electron chi connectivity index (χ0n) is 26.6. The molecule has 236 valence electrons. The minimum absolute atomic E-state index is 0.0477. The minimum atomic E-state index is -2.64. The Morgan fingerprint density at radius 2 is 1.11 bits per heavy atom. The Morgan fingerprint density at radius 3 is 1.55 bits per heavy atom. The fourth-order valence-corrected chi connectivity index (χ4v) is 11.4. The van der Waals surface area contributed by atoms with Gasteiger partial charge in [-0.3, -0.25) is 4.79 Å². The lowest BCUT2D eigenvalue weighted by molar-refractivity contribution is -0.160. The van der Waals surface area contributed by atoms with E-state index < -0.39 is 15.7 Å². The van der Waals surface area contributed by atoms with Gasteiger partial charge in [-0.25, -0.2) is 0 Å². The summed E-state index contributed by atoms with van der Waals surface area (Å²) in [5.41, 5.74) is -0.421. The lowest BCUT2D eigenvalue weighted by Gasteiger charge is -2.56. The molecule has 4 aliphatic rings. The van der Waals surface area contributed by atoms with Crippen LogP contribution in [0.1, 0.15) is 78.6 Å². The van der Waals surface area contributed by atoms with Crippen LogP contribution in [0.3, 0.4) is 0 Å². The van der Waals surface area contributed by atoms with Gasteiger partial charge in [0.15, 0.2) is 0 Å². The van der Waals surface area contributed by atoms with Crippen molar-refractivity contribution in [1.82, 2.24) is 0 Å². The van der Waals surface area contributed by atoms with E-state index in [9.17, 15) is 4.79 Å². The van der Waals surface area contributed by atoms with Crippen molar-refractivity contribution in [2.45, 2.75) is 93.2 Å². The Balaban J connectivity index is 1.59.